The Bertz CT molecular complexity index is 328. The molecule has 0 amide bonds. The molecule has 0 saturated heterocycles. The number of halogens is 3. The van der Waals surface area contributed by atoms with Crippen LogP contribution in [0.5, 0.6) is 0 Å². The third-order valence-corrected chi connectivity index (χ3v) is 3.31. The van der Waals surface area contributed by atoms with E-state index >= 15 is 0 Å². The summed E-state index contributed by atoms with van der Waals surface area (Å²) >= 11 is 0. The van der Waals surface area contributed by atoms with Gasteiger partial charge >= 0.3 is 12.1 Å². The van der Waals surface area contributed by atoms with Crippen LogP contribution in [-0.4, -0.2) is 18.4 Å². The number of hydrogen-bond acceptors (Lipinski definition) is 3. The molecule has 0 aliphatic carbocycles. The Kier molecular flexibility index (Phi) is 12.6. The fourth-order valence-electron chi connectivity index (χ4n) is 1.97. The Labute approximate surface area is 137 Å². The lowest BCUT2D eigenvalue weighted by molar-refractivity contribution is -0.220. The minimum Gasteiger partial charge on any atom is -0.463 e. The maximum atomic E-state index is 12.3. The van der Waals surface area contributed by atoms with Crippen LogP contribution >= 0.6 is 0 Å². The largest absolute Gasteiger partial charge is 0.491 e. The van der Waals surface area contributed by atoms with Crippen molar-refractivity contribution in [2.24, 2.45) is 0 Å². The fourth-order valence-corrected chi connectivity index (χ4v) is 1.97. The number of unbranched alkanes of at least 4 members (excludes halogenated alkanes) is 7. The number of allylic oxidation sites excluding steroid dienone is 1. The first-order valence-electron chi connectivity index (χ1n) is 8.50. The van der Waals surface area contributed by atoms with Crippen molar-refractivity contribution < 1.29 is 27.4 Å². The van der Waals surface area contributed by atoms with Crippen molar-refractivity contribution in [1.29, 1.82) is 0 Å². The lowest BCUT2D eigenvalue weighted by Gasteiger charge is -2.18. The van der Waals surface area contributed by atoms with E-state index in [0.717, 1.165) is 51.4 Å². The van der Waals surface area contributed by atoms with Gasteiger partial charge in [0.05, 0.1) is 6.26 Å². The van der Waals surface area contributed by atoms with Crippen LogP contribution in [0.1, 0.15) is 78.1 Å². The van der Waals surface area contributed by atoms with Crippen molar-refractivity contribution in [3.63, 3.8) is 0 Å². The van der Waals surface area contributed by atoms with Crippen molar-refractivity contribution in [3.05, 3.63) is 12.3 Å². The van der Waals surface area contributed by atoms with Crippen LogP contribution in [0.4, 0.5) is 13.2 Å². The molecule has 0 heterocycles. The van der Waals surface area contributed by atoms with Gasteiger partial charge in [0.1, 0.15) is 0 Å². The SMILES string of the molecule is CCCC/C=C/OC(CCCCCCCC)OC(=O)C(F)(F)F. The molecule has 1 unspecified atom stereocenters. The first kappa shape index (κ1) is 21.8. The zero-order valence-corrected chi connectivity index (χ0v) is 14.2. The summed E-state index contributed by atoms with van der Waals surface area (Å²) in [5.74, 6) is -2.20. The summed E-state index contributed by atoms with van der Waals surface area (Å²) < 4.78 is 46.4. The summed E-state index contributed by atoms with van der Waals surface area (Å²) in [4.78, 5) is 10.9. The molecule has 0 spiro atoms. The Morgan fingerprint density at radius 2 is 1.61 bits per heavy atom. The van der Waals surface area contributed by atoms with Gasteiger partial charge in [-0.15, -0.1) is 0 Å². The Balaban J connectivity index is 4.21. The predicted molar refractivity (Wildman–Crippen MR) is 83.7 cm³/mol. The second-order valence-electron chi connectivity index (χ2n) is 5.54. The molecular weight excluding hydrogens is 309 g/mol. The summed E-state index contributed by atoms with van der Waals surface area (Å²) in [6.45, 7) is 4.16. The highest BCUT2D eigenvalue weighted by molar-refractivity contribution is 5.75. The van der Waals surface area contributed by atoms with Gasteiger partial charge in [-0.25, -0.2) is 4.79 Å². The van der Waals surface area contributed by atoms with Crippen molar-refractivity contribution in [1.82, 2.24) is 0 Å². The number of carbonyl (C=O) groups excluding carboxylic acids is 1. The Morgan fingerprint density at radius 3 is 2.22 bits per heavy atom. The highest BCUT2D eigenvalue weighted by Crippen LogP contribution is 2.20. The van der Waals surface area contributed by atoms with Crippen molar-refractivity contribution >= 4 is 5.97 Å². The third kappa shape index (κ3) is 13.0. The molecule has 0 aromatic heterocycles. The summed E-state index contributed by atoms with van der Waals surface area (Å²) in [6.07, 6.45) is 5.95. The lowest BCUT2D eigenvalue weighted by Crippen LogP contribution is -2.30. The van der Waals surface area contributed by atoms with Crippen LogP contribution in [-0.2, 0) is 14.3 Å². The number of carbonyl (C=O) groups is 1. The smallest absolute Gasteiger partial charge is 0.463 e. The fraction of sp³-hybridized carbons (Fsp3) is 0.824. The van der Waals surface area contributed by atoms with Crippen LogP contribution < -0.4 is 0 Å². The maximum Gasteiger partial charge on any atom is 0.491 e. The highest BCUT2D eigenvalue weighted by Gasteiger charge is 2.42. The molecule has 0 fully saturated rings. The highest BCUT2D eigenvalue weighted by atomic mass is 19.4. The van der Waals surface area contributed by atoms with Gasteiger partial charge in [-0.2, -0.15) is 13.2 Å². The van der Waals surface area contributed by atoms with Gasteiger partial charge in [-0.1, -0.05) is 52.4 Å². The lowest BCUT2D eigenvalue weighted by atomic mass is 10.1. The summed E-state index contributed by atoms with van der Waals surface area (Å²) in [7, 11) is 0. The van der Waals surface area contributed by atoms with E-state index in [0.29, 0.717) is 6.42 Å². The second-order valence-corrected chi connectivity index (χ2v) is 5.54. The molecule has 0 aliphatic rings. The maximum absolute atomic E-state index is 12.3. The molecule has 23 heavy (non-hydrogen) atoms. The molecule has 0 radical (unpaired) electrons. The van der Waals surface area contributed by atoms with Gasteiger partial charge < -0.3 is 9.47 Å². The van der Waals surface area contributed by atoms with Gasteiger partial charge in [0.25, 0.3) is 0 Å². The van der Waals surface area contributed by atoms with Crippen molar-refractivity contribution in [2.75, 3.05) is 0 Å². The zero-order chi connectivity index (χ0) is 17.6. The first-order chi connectivity index (χ1) is 10.9. The standard InChI is InChI=1S/C17H29F3O3/c1-3-5-7-9-10-11-13-15(22-14-12-8-6-4-2)23-16(21)17(18,19)20/h12,14-15H,3-11,13H2,1-2H3/b14-12+. The van der Waals surface area contributed by atoms with Gasteiger partial charge in [0.15, 0.2) is 0 Å². The third-order valence-electron chi connectivity index (χ3n) is 3.31. The summed E-state index contributed by atoms with van der Waals surface area (Å²) in [5, 5.41) is 0. The van der Waals surface area contributed by atoms with E-state index in [1.54, 1.807) is 6.08 Å². The Hall–Kier alpha value is -1.20. The number of alkyl halides is 3. The molecular formula is C17H29F3O3. The topological polar surface area (TPSA) is 35.5 Å². The van der Waals surface area contributed by atoms with Gasteiger partial charge in [0.2, 0.25) is 6.29 Å². The van der Waals surface area contributed by atoms with E-state index in [2.05, 4.69) is 11.7 Å². The predicted octanol–water partition coefficient (Wildman–Crippen LogP) is 5.89. The number of esters is 1. The molecule has 0 aromatic carbocycles. The van der Waals surface area contributed by atoms with E-state index in [9.17, 15) is 18.0 Å². The molecule has 1 atom stereocenters. The molecule has 0 aliphatic heterocycles. The molecule has 0 bridgehead atoms. The minimum atomic E-state index is -4.99. The van der Waals surface area contributed by atoms with E-state index < -0.39 is 18.4 Å². The molecule has 6 heteroatoms. The molecule has 0 aromatic rings. The van der Waals surface area contributed by atoms with E-state index in [1.165, 1.54) is 6.26 Å². The van der Waals surface area contributed by atoms with E-state index in [4.69, 9.17) is 4.74 Å². The molecule has 0 N–H and O–H groups in total. The van der Waals surface area contributed by atoms with Crippen molar-refractivity contribution in [3.8, 4) is 0 Å². The summed E-state index contributed by atoms with van der Waals surface area (Å²) in [6, 6.07) is 0. The zero-order valence-electron chi connectivity index (χ0n) is 14.2. The van der Waals surface area contributed by atoms with E-state index in [-0.39, 0.29) is 6.42 Å². The second kappa shape index (κ2) is 13.3. The number of ether oxygens (including phenoxy) is 2. The molecule has 136 valence electrons. The van der Waals surface area contributed by atoms with Crippen LogP contribution in [0.3, 0.4) is 0 Å². The van der Waals surface area contributed by atoms with Crippen LogP contribution in [0, 0.1) is 0 Å². The van der Waals surface area contributed by atoms with Crippen LogP contribution in [0.2, 0.25) is 0 Å². The normalized spacial score (nSPS) is 13.3. The van der Waals surface area contributed by atoms with E-state index in [1.807, 2.05) is 6.92 Å². The minimum absolute atomic E-state index is 0.270. The average molecular weight is 338 g/mol. The average Bonchev–Trinajstić information content (AvgIpc) is 2.49. The van der Waals surface area contributed by atoms with Crippen LogP contribution in [0.25, 0.3) is 0 Å². The molecule has 3 nitrogen and oxygen atoms in total. The van der Waals surface area contributed by atoms with Crippen molar-refractivity contribution in [2.45, 2.75) is 90.5 Å². The number of hydrogen-bond donors (Lipinski definition) is 0. The Morgan fingerprint density at radius 1 is 1.00 bits per heavy atom. The van der Waals surface area contributed by atoms with Crippen LogP contribution in [0.15, 0.2) is 12.3 Å². The van der Waals surface area contributed by atoms with Gasteiger partial charge in [-0.05, 0) is 25.3 Å². The molecule has 0 rings (SSSR count). The summed E-state index contributed by atoms with van der Waals surface area (Å²) in [5.41, 5.74) is 0. The first-order valence-corrected chi connectivity index (χ1v) is 8.50. The van der Waals surface area contributed by atoms with Gasteiger partial charge in [0, 0.05) is 6.42 Å². The molecule has 0 saturated carbocycles. The quantitative estimate of drug-likeness (QED) is 0.182. The number of rotatable bonds is 13. The monoisotopic (exact) mass is 338 g/mol. The van der Waals surface area contributed by atoms with Gasteiger partial charge in [-0.3, -0.25) is 0 Å².